The summed E-state index contributed by atoms with van der Waals surface area (Å²) in [5, 5.41) is 7.25. The van der Waals surface area contributed by atoms with E-state index >= 15 is 0 Å². The Morgan fingerprint density at radius 2 is 2.00 bits per heavy atom. The number of benzene rings is 2. The smallest absolute Gasteiger partial charge is 0.141 e. The van der Waals surface area contributed by atoms with Crippen LogP contribution in [0.3, 0.4) is 0 Å². The molecule has 0 aromatic heterocycles. The third-order valence-electron chi connectivity index (χ3n) is 2.53. The first-order chi connectivity index (χ1) is 9.10. The first-order valence-electron chi connectivity index (χ1n) is 5.49. The number of hydrogen-bond acceptors (Lipinski definition) is 3. The van der Waals surface area contributed by atoms with Crippen LogP contribution in [0.2, 0.25) is 5.02 Å². The lowest BCUT2D eigenvalue weighted by Gasteiger charge is -2.01. The third kappa shape index (κ3) is 3.17. The van der Waals surface area contributed by atoms with Crippen molar-refractivity contribution in [3.8, 4) is 0 Å². The van der Waals surface area contributed by atoms with E-state index in [2.05, 4.69) is 4.99 Å². The lowest BCUT2D eigenvalue weighted by atomic mass is 10.1. The van der Waals surface area contributed by atoms with Crippen LogP contribution in [-0.4, -0.2) is 12.4 Å². The molecule has 96 valence electrons. The van der Waals surface area contributed by atoms with Gasteiger partial charge in [0.15, 0.2) is 0 Å². The van der Waals surface area contributed by atoms with Gasteiger partial charge in [0, 0.05) is 23.7 Å². The van der Waals surface area contributed by atoms with Gasteiger partial charge in [0.1, 0.15) is 5.82 Å². The number of aliphatic imine (C=N–C) groups is 1. The molecule has 0 saturated carbocycles. The summed E-state index contributed by atoms with van der Waals surface area (Å²) in [7, 11) is 0. The van der Waals surface area contributed by atoms with Crippen molar-refractivity contribution in [1.82, 2.24) is 0 Å². The van der Waals surface area contributed by atoms with E-state index in [1.807, 2.05) is 0 Å². The van der Waals surface area contributed by atoms with Crippen LogP contribution >= 0.6 is 11.6 Å². The predicted octanol–water partition coefficient (Wildman–Crippen LogP) is 3.81. The molecule has 0 spiro atoms. The lowest BCUT2D eigenvalue weighted by molar-refractivity contribution is 0.628. The van der Waals surface area contributed by atoms with Gasteiger partial charge in [-0.2, -0.15) is 0 Å². The molecule has 3 N–H and O–H groups in total. The standard InChI is InChI=1S/C14H11ClFN3/c15-12-6-11(2-3-13(12)16)19-8-9-1-4-14(18)10(5-9)7-17/h1-8,17H,18H2/b17-7?,19-8+. The molecule has 19 heavy (non-hydrogen) atoms. The summed E-state index contributed by atoms with van der Waals surface area (Å²) in [6, 6.07) is 9.49. The molecule has 0 heterocycles. The fourth-order valence-electron chi connectivity index (χ4n) is 1.51. The Hall–Kier alpha value is -2.20. The van der Waals surface area contributed by atoms with Crippen molar-refractivity contribution in [3.05, 3.63) is 58.4 Å². The Morgan fingerprint density at radius 1 is 1.21 bits per heavy atom. The number of nitrogens with one attached hydrogen (secondary N) is 1. The molecular weight excluding hydrogens is 265 g/mol. The van der Waals surface area contributed by atoms with Crippen LogP contribution in [0.5, 0.6) is 0 Å². The molecule has 3 nitrogen and oxygen atoms in total. The molecule has 5 heteroatoms. The average molecular weight is 276 g/mol. The van der Waals surface area contributed by atoms with Crippen molar-refractivity contribution < 1.29 is 4.39 Å². The van der Waals surface area contributed by atoms with Gasteiger partial charge in [0.05, 0.1) is 10.7 Å². The molecular formula is C14H11ClFN3. The van der Waals surface area contributed by atoms with Gasteiger partial charge in [-0.1, -0.05) is 17.7 Å². The van der Waals surface area contributed by atoms with E-state index in [9.17, 15) is 4.39 Å². The van der Waals surface area contributed by atoms with E-state index in [-0.39, 0.29) is 5.02 Å². The van der Waals surface area contributed by atoms with Crippen LogP contribution in [0.4, 0.5) is 15.8 Å². The highest BCUT2D eigenvalue weighted by molar-refractivity contribution is 6.31. The maximum absolute atomic E-state index is 13.0. The highest BCUT2D eigenvalue weighted by atomic mass is 35.5. The molecule has 2 aromatic carbocycles. The second-order valence-electron chi connectivity index (χ2n) is 3.89. The molecule has 0 radical (unpaired) electrons. The number of nitrogen functional groups attached to an aromatic ring is 1. The summed E-state index contributed by atoms with van der Waals surface area (Å²) in [4.78, 5) is 4.19. The van der Waals surface area contributed by atoms with Crippen LogP contribution in [-0.2, 0) is 0 Å². The SMILES string of the molecule is N=Cc1cc(/C=N/c2ccc(F)c(Cl)c2)ccc1N. The van der Waals surface area contributed by atoms with Crippen molar-refractivity contribution in [2.75, 3.05) is 5.73 Å². The highest BCUT2D eigenvalue weighted by Gasteiger charge is 2.00. The van der Waals surface area contributed by atoms with Gasteiger partial charge in [-0.05, 0) is 35.9 Å². The molecule has 0 aliphatic rings. The van der Waals surface area contributed by atoms with E-state index < -0.39 is 5.82 Å². The number of halogens is 2. The van der Waals surface area contributed by atoms with Gasteiger partial charge in [0.2, 0.25) is 0 Å². The van der Waals surface area contributed by atoms with Gasteiger partial charge in [0.25, 0.3) is 0 Å². The second kappa shape index (κ2) is 5.63. The average Bonchev–Trinajstić information content (AvgIpc) is 2.41. The summed E-state index contributed by atoms with van der Waals surface area (Å²) in [6.07, 6.45) is 2.79. The Morgan fingerprint density at radius 3 is 2.68 bits per heavy atom. The second-order valence-corrected chi connectivity index (χ2v) is 4.30. The topological polar surface area (TPSA) is 62.2 Å². The van der Waals surface area contributed by atoms with Gasteiger partial charge in [-0.3, -0.25) is 4.99 Å². The van der Waals surface area contributed by atoms with Crippen LogP contribution in [0.15, 0.2) is 41.4 Å². The minimum atomic E-state index is -0.473. The van der Waals surface area contributed by atoms with Crippen LogP contribution in [0.25, 0.3) is 0 Å². The largest absolute Gasteiger partial charge is 0.398 e. The molecule has 0 aliphatic heterocycles. The minimum Gasteiger partial charge on any atom is -0.398 e. The number of anilines is 1. The summed E-state index contributed by atoms with van der Waals surface area (Å²) in [5.74, 6) is -0.473. The molecule has 2 aromatic rings. The highest BCUT2D eigenvalue weighted by Crippen LogP contribution is 2.21. The molecule has 2 rings (SSSR count). The van der Waals surface area contributed by atoms with Crippen molar-refractivity contribution >= 4 is 35.4 Å². The number of hydrogen-bond donors (Lipinski definition) is 2. The molecule has 0 saturated heterocycles. The number of nitrogens with two attached hydrogens (primary N) is 1. The fourth-order valence-corrected chi connectivity index (χ4v) is 1.69. The first-order valence-corrected chi connectivity index (χ1v) is 5.87. The van der Waals surface area contributed by atoms with E-state index in [1.54, 1.807) is 24.4 Å². The van der Waals surface area contributed by atoms with E-state index in [4.69, 9.17) is 22.7 Å². The molecule has 0 aliphatic carbocycles. The maximum atomic E-state index is 13.0. The minimum absolute atomic E-state index is 0.0344. The Balaban J connectivity index is 2.27. The molecule has 0 fully saturated rings. The summed E-state index contributed by atoms with van der Waals surface area (Å²) in [6.45, 7) is 0. The zero-order chi connectivity index (χ0) is 13.8. The number of rotatable bonds is 3. The quantitative estimate of drug-likeness (QED) is 0.649. The Labute approximate surface area is 115 Å². The lowest BCUT2D eigenvalue weighted by Crippen LogP contribution is -1.94. The van der Waals surface area contributed by atoms with Crippen LogP contribution in [0.1, 0.15) is 11.1 Å². The van der Waals surface area contributed by atoms with Gasteiger partial charge >= 0.3 is 0 Å². The van der Waals surface area contributed by atoms with Crippen LogP contribution in [0, 0.1) is 11.2 Å². The number of nitrogens with zero attached hydrogens (tertiary/aromatic N) is 1. The predicted molar refractivity (Wildman–Crippen MR) is 77.4 cm³/mol. The molecule has 0 atom stereocenters. The maximum Gasteiger partial charge on any atom is 0.141 e. The normalized spacial score (nSPS) is 10.8. The van der Waals surface area contributed by atoms with Gasteiger partial charge < -0.3 is 11.1 Å². The van der Waals surface area contributed by atoms with Gasteiger partial charge in [-0.25, -0.2) is 4.39 Å². The Bertz CT molecular complexity index is 653. The zero-order valence-electron chi connectivity index (χ0n) is 9.90. The summed E-state index contributed by atoms with van der Waals surface area (Å²) < 4.78 is 13.0. The summed E-state index contributed by atoms with van der Waals surface area (Å²) in [5.41, 5.74) is 8.21. The monoisotopic (exact) mass is 275 g/mol. The van der Waals surface area contributed by atoms with E-state index in [1.165, 1.54) is 24.4 Å². The van der Waals surface area contributed by atoms with Gasteiger partial charge in [-0.15, -0.1) is 0 Å². The first kappa shape index (κ1) is 13.2. The Kier molecular flexibility index (Phi) is 3.92. The van der Waals surface area contributed by atoms with E-state index in [0.29, 0.717) is 16.9 Å². The third-order valence-corrected chi connectivity index (χ3v) is 2.82. The molecule has 0 amide bonds. The van der Waals surface area contributed by atoms with Crippen LogP contribution < -0.4 is 5.73 Å². The van der Waals surface area contributed by atoms with Crippen molar-refractivity contribution in [2.45, 2.75) is 0 Å². The molecule has 0 bridgehead atoms. The van der Waals surface area contributed by atoms with Crippen molar-refractivity contribution in [2.24, 2.45) is 4.99 Å². The van der Waals surface area contributed by atoms with Crippen molar-refractivity contribution in [1.29, 1.82) is 5.41 Å². The van der Waals surface area contributed by atoms with Crippen molar-refractivity contribution in [3.63, 3.8) is 0 Å². The molecule has 0 unspecified atom stereocenters. The fraction of sp³-hybridized carbons (Fsp3) is 0. The van der Waals surface area contributed by atoms with E-state index in [0.717, 1.165) is 5.56 Å². The zero-order valence-corrected chi connectivity index (χ0v) is 10.7. The summed E-state index contributed by atoms with van der Waals surface area (Å²) >= 11 is 5.67.